The number of aromatic nitrogens is 1. The highest BCUT2D eigenvalue weighted by Gasteiger charge is 2.28. The average Bonchev–Trinajstić information content (AvgIpc) is 2.77. The third kappa shape index (κ3) is 3.47. The Morgan fingerprint density at radius 2 is 1.72 bits per heavy atom. The van der Waals surface area contributed by atoms with Crippen LogP contribution in [0.5, 0.6) is 0 Å². The van der Waals surface area contributed by atoms with Gasteiger partial charge in [0.25, 0.3) is 5.56 Å². The molecule has 1 amide bonds. The van der Waals surface area contributed by atoms with Crippen LogP contribution in [0, 0.1) is 17.2 Å². The molecule has 2 heterocycles. The van der Waals surface area contributed by atoms with Gasteiger partial charge in [0.15, 0.2) is 0 Å². The van der Waals surface area contributed by atoms with E-state index in [2.05, 4.69) is 16.3 Å². The van der Waals surface area contributed by atoms with Crippen LogP contribution in [0.3, 0.4) is 0 Å². The standard InChI is InChI=1S/C23H22N4O2/c1-26-20-10-6-5-9-18(20)21(19(15-24)23(26)29)27-13-11-16(12-14-27)22(28)25-17-7-3-2-4-8-17/h2-10,16H,11-14H2,1H3,(H,25,28). The first kappa shape index (κ1) is 18.8. The van der Waals surface area contributed by atoms with Crippen LogP contribution < -0.4 is 15.8 Å². The summed E-state index contributed by atoms with van der Waals surface area (Å²) in [6.07, 6.45) is 1.35. The van der Waals surface area contributed by atoms with Crippen molar-refractivity contribution in [2.45, 2.75) is 12.8 Å². The molecule has 0 radical (unpaired) electrons. The van der Waals surface area contributed by atoms with Crippen LogP contribution in [0.25, 0.3) is 10.9 Å². The molecule has 1 aliphatic rings. The molecule has 1 fully saturated rings. The monoisotopic (exact) mass is 386 g/mol. The van der Waals surface area contributed by atoms with Gasteiger partial charge in [0, 0.05) is 37.1 Å². The number of benzene rings is 2. The Hall–Kier alpha value is -3.59. The first-order chi connectivity index (χ1) is 14.1. The molecule has 4 rings (SSSR count). The number of hydrogen-bond donors (Lipinski definition) is 1. The zero-order chi connectivity index (χ0) is 20.4. The molecule has 0 spiro atoms. The van der Waals surface area contributed by atoms with Gasteiger partial charge in [0.05, 0.1) is 11.2 Å². The summed E-state index contributed by atoms with van der Waals surface area (Å²) in [4.78, 5) is 27.4. The summed E-state index contributed by atoms with van der Waals surface area (Å²) in [5.41, 5.74) is 2.16. The van der Waals surface area contributed by atoms with Crippen LogP contribution in [0.2, 0.25) is 0 Å². The van der Waals surface area contributed by atoms with Crippen molar-refractivity contribution in [1.29, 1.82) is 5.26 Å². The molecule has 0 unspecified atom stereocenters. The first-order valence-corrected chi connectivity index (χ1v) is 9.73. The molecular formula is C23H22N4O2. The van der Waals surface area contributed by atoms with Crippen LogP contribution in [-0.2, 0) is 11.8 Å². The molecule has 2 aromatic carbocycles. The van der Waals surface area contributed by atoms with Crippen LogP contribution >= 0.6 is 0 Å². The lowest BCUT2D eigenvalue weighted by molar-refractivity contribution is -0.120. The molecule has 0 atom stereocenters. The Labute approximate surface area is 169 Å². The number of pyridine rings is 1. The molecule has 0 bridgehead atoms. The topological polar surface area (TPSA) is 78.1 Å². The molecule has 1 aliphatic heterocycles. The largest absolute Gasteiger partial charge is 0.370 e. The molecule has 1 N–H and O–H groups in total. The summed E-state index contributed by atoms with van der Waals surface area (Å²) >= 11 is 0. The minimum absolute atomic E-state index is 0.0187. The summed E-state index contributed by atoms with van der Waals surface area (Å²) in [5, 5.41) is 13.5. The summed E-state index contributed by atoms with van der Waals surface area (Å²) in [5.74, 6) is -0.0695. The number of carbonyl (C=O) groups is 1. The van der Waals surface area contributed by atoms with Crippen LogP contribution in [0.1, 0.15) is 18.4 Å². The zero-order valence-corrected chi connectivity index (χ0v) is 16.3. The summed E-state index contributed by atoms with van der Waals surface area (Å²) < 4.78 is 1.53. The summed E-state index contributed by atoms with van der Waals surface area (Å²) in [6, 6.07) is 19.2. The van der Waals surface area contributed by atoms with Gasteiger partial charge >= 0.3 is 0 Å². The number of nitrogens with zero attached hydrogens (tertiary/aromatic N) is 3. The van der Waals surface area contributed by atoms with Crippen molar-refractivity contribution in [1.82, 2.24) is 4.57 Å². The van der Waals surface area contributed by atoms with Crippen LogP contribution in [0.15, 0.2) is 59.4 Å². The number of nitrogens with one attached hydrogen (secondary N) is 1. The molecule has 6 heteroatoms. The van der Waals surface area contributed by atoms with E-state index in [0.717, 1.165) is 16.6 Å². The van der Waals surface area contributed by atoms with E-state index in [1.54, 1.807) is 7.05 Å². The van der Waals surface area contributed by atoms with Crippen molar-refractivity contribution in [2.75, 3.05) is 23.3 Å². The smallest absolute Gasteiger partial charge is 0.270 e. The van der Waals surface area contributed by atoms with Crippen molar-refractivity contribution in [3.8, 4) is 6.07 Å². The number of hydrogen-bond acceptors (Lipinski definition) is 4. The zero-order valence-electron chi connectivity index (χ0n) is 16.3. The number of piperidine rings is 1. The lowest BCUT2D eigenvalue weighted by Crippen LogP contribution is -2.39. The maximum atomic E-state index is 12.7. The Morgan fingerprint density at radius 3 is 2.41 bits per heavy atom. The third-order valence-electron chi connectivity index (χ3n) is 5.61. The van der Waals surface area contributed by atoms with Crippen LogP contribution in [-0.4, -0.2) is 23.6 Å². The second-order valence-corrected chi connectivity index (χ2v) is 7.33. The first-order valence-electron chi connectivity index (χ1n) is 9.73. The molecule has 0 saturated carbocycles. The van der Waals surface area contributed by atoms with E-state index >= 15 is 0 Å². The van der Waals surface area contributed by atoms with Crippen molar-refractivity contribution < 1.29 is 4.79 Å². The molecule has 0 aliphatic carbocycles. The maximum Gasteiger partial charge on any atom is 0.270 e. The number of rotatable bonds is 3. The van der Waals surface area contributed by atoms with E-state index in [-0.39, 0.29) is 22.9 Å². The molecule has 1 aromatic heterocycles. The molecule has 146 valence electrons. The quantitative estimate of drug-likeness (QED) is 0.749. The molecule has 6 nitrogen and oxygen atoms in total. The second kappa shape index (κ2) is 7.80. The van der Waals surface area contributed by atoms with Gasteiger partial charge in [-0.2, -0.15) is 5.26 Å². The fourth-order valence-electron chi connectivity index (χ4n) is 4.04. The highest BCUT2D eigenvalue weighted by Crippen LogP contribution is 2.32. The number of anilines is 2. The highest BCUT2D eigenvalue weighted by molar-refractivity contribution is 5.95. The SMILES string of the molecule is Cn1c(=O)c(C#N)c(N2CCC(C(=O)Nc3ccccc3)CC2)c2ccccc21. The lowest BCUT2D eigenvalue weighted by Gasteiger charge is -2.34. The fourth-order valence-corrected chi connectivity index (χ4v) is 4.04. The average molecular weight is 386 g/mol. The Bertz CT molecular complexity index is 1150. The number of fused-ring (bicyclic) bond motifs is 1. The number of para-hydroxylation sites is 2. The Balaban J connectivity index is 1.58. The van der Waals surface area contributed by atoms with E-state index in [1.807, 2.05) is 54.6 Å². The van der Waals surface area contributed by atoms with Gasteiger partial charge in [-0.15, -0.1) is 0 Å². The summed E-state index contributed by atoms with van der Waals surface area (Å²) in [6.45, 7) is 1.25. The Morgan fingerprint density at radius 1 is 1.07 bits per heavy atom. The predicted molar refractivity (Wildman–Crippen MR) is 114 cm³/mol. The van der Waals surface area contributed by atoms with E-state index in [0.29, 0.717) is 31.6 Å². The van der Waals surface area contributed by atoms with Crippen LogP contribution in [0.4, 0.5) is 11.4 Å². The highest BCUT2D eigenvalue weighted by atomic mass is 16.2. The summed E-state index contributed by atoms with van der Waals surface area (Å²) in [7, 11) is 1.69. The van der Waals surface area contributed by atoms with Gasteiger partial charge in [0.1, 0.15) is 11.6 Å². The third-order valence-corrected chi connectivity index (χ3v) is 5.61. The maximum absolute atomic E-state index is 12.7. The minimum Gasteiger partial charge on any atom is -0.370 e. The Kier molecular flexibility index (Phi) is 5.05. The molecule has 1 saturated heterocycles. The second-order valence-electron chi connectivity index (χ2n) is 7.33. The van der Waals surface area contributed by atoms with Gasteiger partial charge < -0.3 is 14.8 Å². The van der Waals surface area contributed by atoms with Crippen molar-refractivity contribution in [3.05, 3.63) is 70.5 Å². The van der Waals surface area contributed by atoms with Gasteiger partial charge in [-0.25, -0.2) is 0 Å². The number of aryl methyl sites for hydroxylation is 1. The predicted octanol–water partition coefficient (Wildman–Crippen LogP) is 3.27. The van der Waals surface area contributed by atoms with Gasteiger partial charge in [-0.3, -0.25) is 9.59 Å². The fraction of sp³-hybridized carbons (Fsp3) is 0.261. The number of carbonyl (C=O) groups excluding carboxylic acids is 1. The van der Waals surface area contributed by atoms with E-state index in [1.165, 1.54) is 4.57 Å². The van der Waals surface area contributed by atoms with Crippen molar-refractivity contribution in [2.24, 2.45) is 13.0 Å². The minimum atomic E-state index is -0.287. The normalized spacial score (nSPS) is 14.6. The van der Waals surface area contributed by atoms with E-state index < -0.39 is 0 Å². The number of nitriles is 1. The lowest BCUT2D eigenvalue weighted by atomic mass is 9.94. The molecule has 29 heavy (non-hydrogen) atoms. The van der Waals surface area contributed by atoms with Gasteiger partial charge in [-0.05, 0) is 31.0 Å². The van der Waals surface area contributed by atoms with E-state index in [9.17, 15) is 14.9 Å². The molecular weight excluding hydrogens is 364 g/mol. The van der Waals surface area contributed by atoms with Crippen molar-refractivity contribution >= 4 is 28.2 Å². The van der Waals surface area contributed by atoms with Gasteiger partial charge in [-0.1, -0.05) is 36.4 Å². The number of amides is 1. The van der Waals surface area contributed by atoms with E-state index in [4.69, 9.17) is 0 Å². The van der Waals surface area contributed by atoms with Gasteiger partial charge in [0.2, 0.25) is 5.91 Å². The molecule has 3 aromatic rings. The van der Waals surface area contributed by atoms with Crippen molar-refractivity contribution in [3.63, 3.8) is 0 Å².